The molecule has 5 nitrogen and oxygen atoms in total. The lowest BCUT2D eigenvalue weighted by Crippen LogP contribution is -2.12. The van der Waals surface area contributed by atoms with Crippen LogP contribution in [0, 0.1) is 17.1 Å². The first-order chi connectivity index (χ1) is 13.5. The fraction of sp³-hybridized carbons (Fsp3) is 0.0952. The van der Waals surface area contributed by atoms with Gasteiger partial charge in [-0.05, 0) is 42.8 Å². The van der Waals surface area contributed by atoms with E-state index in [0.29, 0.717) is 10.5 Å². The van der Waals surface area contributed by atoms with Crippen molar-refractivity contribution < 1.29 is 19.0 Å². The number of esters is 1. The van der Waals surface area contributed by atoms with E-state index in [1.807, 2.05) is 6.07 Å². The van der Waals surface area contributed by atoms with E-state index in [4.69, 9.17) is 10.00 Å². The van der Waals surface area contributed by atoms with E-state index in [9.17, 15) is 14.3 Å². The molecule has 0 saturated heterocycles. The van der Waals surface area contributed by atoms with Crippen molar-refractivity contribution in [1.82, 2.24) is 0 Å². The summed E-state index contributed by atoms with van der Waals surface area (Å²) in [6.07, 6.45) is 1.66. The minimum absolute atomic E-state index is 0.0548. The normalized spacial score (nSPS) is 16.5. The average molecular weight is 394 g/mol. The Hall–Kier alpha value is -3.37. The molecule has 2 aromatic rings. The first kappa shape index (κ1) is 19.4. The second-order valence-corrected chi connectivity index (χ2v) is 6.69. The summed E-state index contributed by atoms with van der Waals surface area (Å²) in [5.41, 5.74) is 1.19. The SMILES string of the molecule is CCOC(=O)C1=C(O)/C(=C\c2ccc(C#N)cc2)SC1=Nc1ccccc1F. The number of nitrogens with zero attached hydrogens (tertiary/aromatic N) is 2. The van der Waals surface area contributed by atoms with Crippen molar-refractivity contribution >= 4 is 34.5 Å². The van der Waals surface area contributed by atoms with Crippen LogP contribution < -0.4 is 0 Å². The fourth-order valence-electron chi connectivity index (χ4n) is 2.45. The van der Waals surface area contributed by atoms with Crippen LogP contribution >= 0.6 is 11.8 Å². The Balaban J connectivity index is 2.04. The number of thioether (sulfide) groups is 1. The summed E-state index contributed by atoms with van der Waals surface area (Å²) in [6, 6.07) is 14.7. The highest BCUT2D eigenvalue weighted by atomic mass is 32.2. The first-order valence-electron chi connectivity index (χ1n) is 8.37. The molecule has 0 aliphatic carbocycles. The van der Waals surface area contributed by atoms with E-state index >= 15 is 0 Å². The average Bonchev–Trinajstić information content (AvgIpc) is 2.99. The third-order valence-electron chi connectivity index (χ3n) is 3.78. The van der Waals surface area contributed by atoms with Gasteiger partial charge in [-0.15, -0.1) is 0 Å². The quantitative estimate of drug-likeness (QED) is 0.747. The number of ether oxygens (including phenoxy) is 1. The number of carbonyl (C=O) groups excluding carboxylic acids is 1. The number of nitriles is 1. The van der Waals surface area contributed by atoms with Crippen LogP contribution in [0.2, 0.25) is 0 Å². The van der Waals surface area contributed by atoms with Crippen molar-refractivity contribution in [2.75, 3.05) is 6.61 Å². The monoisotopic (exact) mass is 394 g/mol. The van der Waals surface area contributed by atoms with Crippen molar-refractivity contribution in [2.45, 2.75) is 6.92 Å². The minimum Gasteiger partial charge on any atom is -0.506 e. The minimum atomic E-state index is -0.731. The van der Waals surface area contributed by atoms with Gasteiger partial charge in [0.05, 0.1) is 23.1 Å². The van der Waals surface area contributed by atoms with Crippen molar-refractivity contribution in [3.05, 3.63) is 81.7 Å². The standard InChI is InChI=1S/C21H15FN2O3S/c1-2-27-21(26)18-19(25)17(11-13-7-9-14(12-23)10-8-13)28-20(18)24-16-6-4-3-5-15(16)22/h3-11,25H,2H2,1H3/b17-11+,24-20?. The lowest BCUT2D eigenvalue weighted by molar-refractivity contribution is -0.138. The lowest BCUT2D eigenvalue weighted by atomic mass is 10.1. The van der Waals surface area contributed by atoms with Gasteiger partial charge in [0, 0.05) is 0 Å². The topological polar surface area (TPSA) is 82.7 Å². The van der Waals surface area contributed by atoms with E-state index < -0.39 is 11.8 Å². The Morgan fingerprint density at radius 1 is 1.29 bits per heavy atom. The van der Waals surface area contributed by atoms with E-state index in [0.717, 1.165) is 17.3 Å². The van der Waals surface area contributed by atoms with Gasteiger partial charge >= 0.3 is 5.97 Å². The number of halogens is 1. The molecule has 0 unspecified atom stereocenters. The van der Waals surface area contributed by atoms with Gasteiger partial charge in [0.25, 0.3) is 0 Å². The summed E-state index contributed by atoms with van der Waals surface area (Å²) in [6.45, 7) is 1.78. The summed E-state index contributed by atoms with van der Waals surface area (Å²) >= 11 is 1.04. The van der Waals surface area contributed by atoms with Crippen LogP contribution in [0.4, 0.5) is 10.1 Å². The molecule has 140 valence electrons. The summed E-state index contributed by atoms with van der Waals surface area (Å²) in [7, 11) is 0. The largest absolute Gasteiger partial charge is 0.506 e. The van der Waals surface area contributed by atoms with Crippen LogP contribution in [0.3, 0.4) is 0 Å². The summed E-state index contributed by atoms with van der Waals surface area (Å²) in [4.78, 5) is 16.9. The fourth-order valence-corrected chi connectivity index (χ4v) is 3.48. The van der Waals surface area contributed by atoms with Crippen LogP contribution in [-0.4, -0.2) is 22.7 Å². The maximum Gasteiger partial charge on any atom is 0.344 e. The molecule has 1 heterocycles. The Morgan fingerprint density at radius 3 is 2.64 bits per heavy atom. The van der Waals surface area contributed by atoms with Crippen LogP contribution in [0.5, 0.6) is 0 Å². The molecule has 0 saturated carbocycles. The molecule has 3 rings (SSSR count). The molecule has 1 aliphatic rings. The molecule has 1 aliphatic heterocycles. The van der Waals surface area contributed by atoms with Gasteiger partial charge in [0.15, 0.2) is 0 Å². The van der Waals surface area contributed by atoms with E-state index in [2.05, 4.69) is 4.99 Å². The second kappa shape index (κ2) is 8.55. The van der Waals surface area contributed by atoms with Crippen LogP contribution in [0.1, 0.15) is 18.1 Å². The number of benzene rings is 2. The highest BCUT2D eigenvalue weighted by molar-refractivity contribution is 8.18. The molecule has 28 heavy (non-hydrogen) atoms. The highest BCUT2D eigenvalue weighted by Gasteiger charge is 2.33. The van der Waals surface area contributed by atoms with Crippen LogP contribution in [0.15, 0.2) is 69.8 Å². The van der Waals surface area contributed by atoms with Gasteiger partial charge in [-0.25, -0.2) is 14.2 Å². The summed E-state index contributed by atoms with van der Waals surface area (Å²) < 4.78 is 19.0. The number of hydrogen-bond donors (Lipinski definition) is 1. The number of carbonyl (C=O) groups is 1. The lowest BCUT2D eigenvalue weighted by Gasteiger charge is -2.04. The third-order valence-corrected chi connectivity index (χ3v) is 4.80. The van der Waals surface area contributed by atoms with Crippen LogP contribution in [-0.2, 0) is 9.53 Å². The number of aliphatic imine (C=N–C) groups is 1. The maximum atomic E-state index is 14.0. The zero-order chi connectivity index (χ0) is 20.1. The van der Waals surface area contributed by atoms with Gasteiger partial charge in [0.2, 0.25) is 0 Å². The van der Waals surface area contributed by atoms with E-state index in [1.54, 1.807) is 43.3 Å². The Labute approximate surface area is 165 Å². The zero-order valence-corrected chi connectivity index (χ0v) is 15.7. The molecule has 0 amide bonds. The molecule has 2 aromatic carbocycles. The third kappa shape index (κ3) is 4.13. The maximum absolute atomic E-state index is 14.0. The molecule has 0 aromatic heterocycles. The van der Waals surface area contributed by atoms with Gasteiger partial charge in [-0.2, -0.15) is 5.26 Å². The van der Waals surface area contributed by atoms with Crippen molar-refractivity contribution in [1.29, 1.82) is 5.26 Å². The number of aliphatic hydroxyl groups excluding tert-OH is 1. The van der Waals surface area contributed by atoms with Gasteiger partial charge in [0.1, 0.15) is 27.9 Å². The molecule has 0 atom stereocenters. The number of hydrogen-bond acceptors (Lipinski definition) is 6. The van der Waals surface area contributed by atoms with Gasteiger partial charge in [-0.1, -0.05) is 36.0 Å². The molecule has 7 heteroatoms. The number of para-hydroxylation sites is 1. The molecule has 0 radical (unpaired) electrons. The number of rotatable bonds is 4. The second-order valence-electron chi connectivity index (χ2n) is 5.66. The van der Waals surface area contributed by atoms with Gasteiger partial charge in [-0.3, -0.25) is 0 Å². The molecular formula is C21H15FN2O3S. The van der Waals surface area contributed by atoms with Crippen molar-refractivity contribution in [3.8, 4) is 6.07 Å². The molecule has 0 fully saturated rings. The zero-order valence-electron chi connectivity index (χ0n) is 14.8. The molecule has 0 spiro atoms. The van der Waals surface area contributed by atoms with Crippen molar-refractivity contribution in [3.63, 3.8) is 0 Å². The highest BCUT2D eigenvalue weighted by Crippen LogP contribution is 2.40. The number of aliphatic hydroxyl groups is 1. The van der Waals surface area contributed by atoms with Crippen LogP contribution in [0.25, 0.3) is 6.08 Å². The summed E-state index contributed by atoms with van der Waals surface area (Å²) in [5, 5.41) is 19.6. The summed E-state index contributed by atoms with van der Waals surface area (Å²) in [5.74, 6) is -1.54. The van der Waals surface area contributed by atoms with E-state index in [-0.39, 0.29) is 28.7 Å². The molecule has 0 bridgehead atoms. The smallest absolute Gasteiger partial charge is 0.344 e. The van der Waals surface area contributed by atoms with E-state index in [1.165, 1.54) is 18.2 Å². The Bertz CT molecular complexity index is 1050. The van der Waals surface area contributed by atoms with Crippen molar-refractivity contribution in [2.24, 2.45) is 4.99 Å². The predicted octanol–water partition coefficient (Wildman–Crippen LogP) is 4.89. The van der Waals surface area contributed by atoms with Gasteiger partial charge < -0.3 is 9.84 Å². The first-order valence-corrected chi connectivity index (χ1v) is 9.19. The molecular weight excluding hydrogens is 379 g/mol. The Morgan fingerprint density at radius 2 is 2.00 bits per heavy atom. The predicted molar refractivity (Wildman–Crippen MR) is 107 cm³/mol. The Kier molecular flexibility index (Phi) is 5.92. The molecule has 1 N–H and O–H groups in total.